The van der Waals surface area contributed by atoms with E-state index < -0.39 is 0 Å². The summed E-state index contributed by atoms with van der Waals surface area (Å²) in [7, 11) is 0. The van der Waals surface area contributed by atoms with Gasteiger partial charge in [-0.05, 0) is 47.9 Å². The molecule has 0 radical (unpaired) electrons. The van der Waals surface area contributed by atoms with Gasteiger partial charge in [0, 0.05) is 10.0 Å². The van der Waals surface area contributed by atoms with Crippen molar-refractivity contribution in [2.45, 2.75) is 37.0 Å². The summed E-state index contributed by atoms with van der Waals surface area (Å²) in [5.41, 5.74) is 0.831. The minimum atomic E-state index is -0.202. The quantitative estimate of drug-likeness (QED) is 0.788. The molecule has 1 aromatic carbocycles. The molecule has 1 saturated carbocycles. The number of hydrogen-bond donors (Lipinski definition) is 1. The lowest BCUT2D eigenvalue weighted by atomic mass is 10.1. The van der Waals surface area contributed by atoms with E-state index in [4.69, 9.17) is 23.2 Å². The fourth-order valence-electron chi connectivity index (χ4n) is 2.17. The van der Waals surface area contributed by atoms with E-state index in [1.54, 1.807) is 16.8 Å². The van der Waals surface area contributed by atoms with Gasteiger partial charge in [0.1, 0.15) is 0 Å². The maximum Gasteiger partial charge on any atom is 0.230 e. The van der Waals surface area contributed by atoms with Gasteiger partial charge in [0.05, 0.1) is 17.8 Å². The molecule has 0 bridgehead atoms. The third kappa shape index (κ3) is 4.16. The second kappa shape index (κ2) is 7.07. The number of aromatic nitrogens is 4. The van der Waals surface area contributed by atoms with Gasteiger partial charge in [0.2, 0.25) is 11.1 Å². The van der Waals surface area contributed by atoms with Crippen LogP contribution in [0.2, 0.25) is 10.0 Å². The van der Waals surface area contributed by atoms with Crippen molar-refractivity contribution in [1.29, 1.82) is 0 Å². The molecule has 6 nitrogen and oxygen atoms in total. The first-order valence-corrected chi connectivity index (χ1v) is 8.93. The topological polar surface area (TPSA) is 72.7 Å². The van der Waals surface area contributed by atoms with E-state index in [1.807, 2.05) is 13.0 Å². The zero-order chi connectivity index (χ0) is 16.4. The largest absolute Gasteiger partial charge is 0.349 e. The molecule has 1 atom stereocenters. The van der Waals surface area contributed by atoms with Crippen LogP contribution >= 0.6 is 35.0 Å². The summed E-state index contributed by atoms with van der Waals surface area (Å²) in [4.78, 5) is 12.1. The average Bonchev–Trinajstić information content (AvgIpc) is 3.23. The normalized spacial score (nSPS) is 15.4. The fraction of sp³-hybridized carbons (Fsp3) is 0.429. The number of carbonyl (C=O) groups excluding carboxylic acids is 1. The Bertz CT molecular complexity index is 719. The van der Waals surface area contributed by atoms with Gasteiger partial charge in [-0.2, -0.15) is 0 Å². The fourth-order valence-corrected chi connectivity index (χ4v) is 3.50. The summed E-state index contributed by atoms with van der Waals surface area (Å²) in [5, 5.41) is 16.3. The highest BCUT2D eigenvalue weighted by molar-refractivity contribution is 7.99. The number of nitrogens with zero attached hydrogens (tertiary/aromatic N) is 4. The van der Waals surface area contributed by atoms with Crippen LogP contribution in [0.15, 0.2) is 23.4 Å². The van der Waals surface area contributed by atoms with E-state index in [1.165, 1.54) is 11.8 Å². The Morgan fingerprint density at radius 1 is 1.48 bits per heavy atom. The summed E-state index contributed by atoms with van der Waals surface area (Å²) in [6.07, 6.45) is 2.19. The Kier molecular flexibility index (Phi) is 5.08. The van der Waals surface area contributed by atoms with Crippen LogP contribution in [0.5, 0.6) is 0 Å². The van der Waals surface area contributed by atoms with Crippen molar-refractivity contribution in [2.24, 2.45) is 0 Å². The van der Waals surface area contributed by atoms with E-state index in [0.29, 0.717) is 21.2 Å². The molecule has 1 N–H and O–H groups in total. The molecule has 1 amide bonds. The first-order valence-electron chi connectivity index (χ1n) is 7.19. The molecular formula is C14H15Cl2N5OS. The third-order valence-corrected chi connectivity index (χ3v) is 4.99. The molecule has 1 aliphatic rings. The number of hydrogen-bond acceptors (Lipinski definition) is 5. The summed E-state index contributed by atoms with van der Waals surface area (Å²) in [5.74, 6) is 0.154. The van der Waals surface area contributed by atoms with Crippen molar-refractivity contribution >= 4 is 40.9 Å². The van der Waals surface area contributed by atoms with Crippen molar-refractivity contribution in [3.63, 3.8) is 0 Å². The van der Waals surface area contributed by atoms with E-state index in [-0.39, 0.29) is 17.7 Å². The lowest BCUT2D eigenvalue weighted by molar-refractivity contribution is -0.119. The average molecular weight is 372 g/mol. The standard InChI is InChI=1S/C14H15Cl2N5OS/c1-8(11-5-2-9(15)6-12(11)16)17-13(22)7-23-14-18-19-20-21(14)10-3-4-10/h2,5-6,8,10H,3-4,7H2,1H3,(H,17,22). The van der Waals surface area contributed by atoms with Crippen LogP contribution in [0.25, 0.3) is 0 Å². The molecule has 2 aromatic rings. The molecular weight excluding hydrogens is 357 g/mol. The van der Waals surface area contributed by atoms with Crippen molar-refractivity contribution in [1.82, 2.24) is 25.5 Å². The number of rotatable bonds is 6. The van der Waals surface area contributed by atoms with Crippen LogP contribution < -0.4 is 5.32 Å². The molecule has 0 aliphatic heterocycles. The van der Waals surface area contributed by atoms with Gasteiger partial charge < -0.3 is 5.32 Å². The summed E-state index contributed by atoms with van der Waals surface area (Å²) in [6, 6.07) is 5.43. The third-order valence-electron chi connectivity index (χ3n) is 3.49. The highest BCUT2D eigenvalue weighted by Crippen LogP contribution is 2.36. The predicted octanol–water partition coefficient (Wildman–Crippen LogP) is 3.28. The first kappa shape index (κ1) is 16.5. The van der Waals surface area contributed by atoms with E-state index in [0.717, 1.165) is 18.4 Å². The second-order valence-electron chi connectivity index (χ2n) is 5.38. The van der Waals surface area contributed by atoms with Gasteiger partial charge in [0.15, 0.2) is 0 Å². The molecule has 1 heterocycles. The Hall–Kier alpha value is -1.31. The number of thioether (sulfide) groups is 1. The van der Waals surface area contributed by atoms with Crippen LogP contribution in [0.4, 0.5) is 0 Å². The van der Waals surface area contributed by atoms with E-state index >= 15 is 0 Å². The van der Waals surface area contributed by atoms with Crippen molar-refractivity contribution in [3.8, 4) is 0 Å². The van der Waals surface area contributed by atoms with Crippen molar-refractivity contribution in [2.75, 3.05) is 5.75 Å². The molecule has 9 heteroatoms. The number of tetrazole rings is 1. The smallest absolute Gasteiger partial charge is 0.230 e. The van der Waals surface area contributed by atoms with E-state index in [9.17, 15) is 4.79 Å². The highest BCUT2D eigenvalue weighted by Gasteiger charge is 2.28. The number of halogens is 2. The Morgan fingerprint density at radius 2 is 2.26 bits per heavy atom. The zero-order valence-corrected chi connectivity index (χ0v) is 14.7. The maximum absolute atomic E-state index is 12.1. The van der Waals surface area contributed by atoms with Gasteiger partial charge in [-0.1, -0.05) is 41.0 Å². The predicted molar refractivity (Wildman–Crippen MR) is 89.8 cm³/mol. The van der Waals surface area contributed by atoms with Crippen LogP contribution in [0.3, 0.4) is 0 Å². The van der Waals surface area contributed by atoms with Gasteiger partial charge in [-0.25, -0.2) is 4.68 Å². The lowest BCUT2D eigenvalue weighted by Crippen LogP contribution is -2.28. The molecule has 122 valence electrons. The maximum atomic E-state index is 12.1. The van der Waals surface area contributed by atoms with E-state index in [2.05, 4.69) is 20.8 Å². The Labute approximate surface area is 147 Å². The number of benzene rings is 1. The van der Waals surface area contributed by atoms with Crippen LogP contribution in [0, 0.1) is 0 Å². The summed E-state index contributed by atoms with van der Waals surface area (Å²) < 4.78 is 1.79. The van der Waals surface area contributed by atoms with Gasteiger partial charge in [-0.3, -0.25) is 4.79 Å². The molecule has 1 unspecified atom stereocenters. The Morgan fingerprint density at radius 3 is 2.96 bits per heavy atom. The van der Waals surface area contributed by atoms with Crippen LogP contribution in [-0.4, -0.2) is 31.9 Å². The number of nitrogens with one attached hydrogen (secondary N) is 1. The minimum absolute atomic E-state index is 0.0983. The molecule has 3 rings (SSSR count). The monoisotopic (exact) mass is 371 g/mol. The SMILES string of the molecule is CC(NC(=O)CSc1nnnn1C1CC1)c1ccc(Cl)cc1Cl. The zero-order valence-electron chi connectivity index (χ0n) is 12.4. The summed E-state index contributed by atoms with van der Waals surface area (Å²) >= 11 is 13.4. The van der Waals surface area contributed by atoms with Gasteiger partial charge in [0.25, 0.3) is 0 Å². The van der Waals surface area contributed by atoms with Crippen LogP contribution in [-0.2, 0) is 4.79 Å². The van der Waals surface area contributed by atoms with Gasteiger partial charge in [-0.15, -0.1) is 5.10 Å². The Balaban J connectivity index is 1.55. The molecule has 0 spiro atoms. The molecule has 23 heavy (non-hydrogen) atoms. The molecule has 0 saturated heterocycles. The van der Waals surface area contributed by atoms with Crippen molar-refractivity contribution < 1.29 is 4.79 Å². The number of carbonyl (C=O) groups is 1. The van der Waals surface area contributed by atoms with Crippen LogP contribution in [0.1, 0.15) is 37.4 Å². The molecule has 1 aromatic heterocycles. The second-order valence-corrected chi connectivity index (χ2v) is 7.17. The molecule has 1 fully saturated rings. The lowest BCUT2D eigenvalue weighted by Gasteiger charge is -2.15. The first-order chi connectivity index (χ1) is 11.0. The van der Waals surface area contributed by atoms with Gasteiger partial charge >= 0.3 is 0 Å². The highest BCUT2D eigenvalue weighted by atomic mass is 35.5. The molecule has 1 aliphatic carbocycles. The minimum Gasteiger partial charge on any atom is -0.349 e. The number of amides is 1. The van der Waals surface area contributed by atoms with Crippen molar-refractivity contribution in [3.05, 3.63) is 33.8 Å². The summed E-state index contributed by atoms with van der Waals surface area (Å²) in [6.45, 7) is 1.88.